The molecule has 0 unspecified atom stereocenters. The van der Waals surface area contributed by atoms with Gasteiger partial charge in [-0.3, -0.25) is 9.89 Å². The van der Waals surface area contributed by atoms with Crippen LogP contribution in [0.2, 0.25) is 0 Å². The van der Waals surface area contributed by atoms with E-state index in [0.717, 1.165) is 24.2 Å². The van der Waals surface area contributed by atoms with Crippen molar-refractivity contribution in [3.63, 3.8) is 0 Å². The van der Waals surface area contributed by atoms with Crippen LogP contribution in [0.15, 0.2) is 30.3 Å². The zero-order chi connectivity index (χ0) is 18.5. The molecule has 0 radical (unpaired) electrons. The summed E-state index contributed by atoms with van der Waals surface area (Å²) in [5.41, 5.74) is 1.06. The molecule has 26 heavy (non-hydrogen) atoms. The lowest BCUT2D eigenvalue weighted by atomic mass is 9.89. The molecule has 2 aromatic rings. The highest BCUT2D eigenvalue weighted by atomic mass is 32.1. The fourth-order valence-electron chi connectivity index (χ4n) is 3.43. The van der Waals surface area contributed by atoms with E-state index in [2.05, 4.69) is 29.4 Å². The summed E-state index contributed by atoms with van der Waals surface area (Å²) in [6, 6.07) is 9.99. The molecule has 7 heteroatoms. The van der Waals surface area contributed by atoms with Crippen LogP contribution in [0.5, 0.6) is 0 Å². The van der Waals surface area contributed by atoms with Crippen molar-refractivity contribution in [1.82, 2.24) is 20.1 Å². The molecule has 0 saturated carbocycles. The second-order valence-corrected chi connectivity index (χ2v) is 7.32. The molecule has 1 amide bonds. The standard InChI is InChI=1S/C19H26N4O2S/c1-13(2)17-21-22-19(26)23(17)11-10-20-18(24)15-9-6-12-25-16(15)14-7-4-3-5-8-14/h3-5,7-8,13,15-16H,6,9-12H2,1-2H3,(H,20,24)(H,22,26)/t15-,16-/m0/s1. The highest BCUT2D eigenvalue weighted by molar-refractivity contribution is 7.71. The Morgan fingerprint density at radius 1 is 1.42 bits per heavy atom. The van der Waals surface area contributed by atoms with E-state index in [4.69, 9.17) is 17.0 Å². The second kappa shape index (κ2) is 8.60. The number of nitrogens with zero attached hydrogens (tertiary/aromatic N) is 2. The highest BCUT2D eigenvalue weighted by Gasteiger charge is 2.32. The van der Waals surface area contributed by atoms with E-state index in [1.807, 2.05) is 34.9 Å². The van der Waals surface area contributed by atoms with Gasteiger partial charge in [0.05, 0.1) is 12.0 Å². The molecule has 1 aliphatic heterocycles. The van der Waals surface area contributed by atoms with E-state index in [1.54, 1.807) is 0 Å². The summed E-state index contributed by atoms with van der Waals surface area (Å²) in [6.07, 6.45) is 1.58. The lowest BCUT2D eigenvalue weighted by Crippen LogP contribution is -2.39. The summed E-state index contributed by atoms with van der Waals surface area (Å²) >= 11 is 5.29. The quantitative estimate of drug-likeness (QED) is 0.761. The molecule has 140 valence electrons. The Kier molecular flexibility index (Phi) is 6.21. The number of aromatic nitrogens is 3. The molecule has 6 nitrogen and oxygen atoms in total. The molecular formula is C19H26N4O2S. The molecular weight excluding hydrogens is 348 g/mol. The Bertz CT molecular complexity index is 784. The first kappa shape index (κ1) is 18.8. The van der Waals surface area contributed by atoms with Crippen LogP contribution in [0.1, 0.15) is 50.1 Å². The van der Waals surface area contributed by atoms with Crippen molar-refractivity contribution in [2.24, 2.45) is 5.92 Å². The number of hydrogen-bond acceptors (Lipinski definition) is 4. The number of amides is 1. The van der Waals surface area contributed by atoms with Gasteiger partial charge in [-0.1, -0.05) is 44.2 Å². The van der Waals surface area contributed by atoms with E-state index < -0.39 is 0 Å². The van der Waals surface area contributed by atoms with Gasteiger partial charge in [0.2, 0.25) is 5.91 Å². The summed E-state index contributed by atoms with van der Waals surface area (Å²) in [5, 5.41) is 10.2. The molecule has 1 saturated heterocycles. The van der Waals surface area contributed by atoms with Crippen LogP contribution in [-0.2, 0) is 16.1 Å². The zero-order valence-corrected chi connectivity index (χ0v) is 16.1. The largest absolute Gasteiger partial charge is 0.373 e. The Morgan fingerprint density at radius 2 is 2.19 bits per heavy atom. The summed E-state index contributed by atoms with van der Waals surface area (Å²) in [7, 11) is 0. The minimum absolute atomic E-state index is 0.0414. The molecule has 3 rings (SSSR count). The zero-order valence-electron chi connectivity index (χ0n) is 15.3. The number of aromatic amines is 1. The number of H-pyrrole nitrogens is 1. The van der Waals surface area contributed by atoms with Gasteiger partial charge in [-0.15, -0.1) is 0 Å². The molecule has 1 aromatic carbocycles. The van der Waals surface area contributed by atoms with Gasteiger partial charge in [-0.2, -0.15) is 5.10 Å². The van der Waals surface area contributed by atoms with E-state index >= 15 is 0 Å². The van der Waals surface area contributed by atoms with Crippen LogP contribution in [0.3, 0.4) is 0 Å². The summed E-state index contributed by atoms with van der Waals surface area (Å²) in [4.78, 5) is 12.8. The van der Waals surface area contributed by atoms with Gasteiger partial charge in [0.15, 0.2) is 4.77 Å². The molecule has 1 aliphatic rings. The van der Waals surface area contributed by atoms with E-state index in [0.29, 0.717) is 24.5 Å². The van der Waals surface area contributed by atoms with Crippen LogP contribution in [-0.4, -0.2) is 33.8 Å². The molecule has 0 aliphatic carbocycles. The van der Waals surface area contributed by atoms with Gasteiger partial charge in [0.1, 0.15) is 5.82 Å². The monoisotopic (exact) mass is 374 g/mol. The maximum absolute atomic E-state index is 12.8. The number of carbonyl (C=O) groups is 1. The molecule has 1 aromatic heterocycles. The van der Waals surface area contributed by atoms with Crippen molar-refractivity contribution >= 4 is 18.1 Å². The average Bonchev–Trinajstić information content (AvgIpc) is 3.03. The Morgan fingerprint density at radius 3 is 2.92 bits per heavy atom. The van der Waals surface area contributed by atoms with E-state index in [1.165, 1.54) is 0 Å². The van der Waals surface area contributed by atoms with Gasteiger partial charge in [0, 0.05) is 25.6 Å². The summed E-state index contributed by atoms with van der Waals surface area (Å²) < 4.78 is 8.46. The minimum Gasteiger partial charge on any atom is -0.373 e. The van der Waals surface area contributed by atoms with Crippen LogP contribution < -0.4 is 5.32 Å². The molecule has 1 fully saturated rings. The van der Waals surface area contributed by atoms with Gasteiger partial charge in [-0.05, 0) is 30.6 Å². The molecule has 2 heterocycles. The second-order valence-electron chi connectivity index (χ2n) is 6.94. The number of benzene rings is 1. The Hall–Kier alpha value is -1.99. The number of carbonyl (C=O) groups excluding carboxylic acids is 1. The number of rotatable bonds is 6. The molecule has 2 atom stereocenters. The fourth-order valence-corrected chi connectivity index (χ4v) is 3.66. The van der Waals surface area contributed by atoms with Crippen molar-refractivity contribution < 1.29 is 9.53 Å². The maximum atomic E-state index is 12.8. The Balaban J connectivity index is 1.62. The van der Waals surface area contributed by atoms with Crippen molar-refractivity contribution in [3.05, 3.63) is 46.5 Å². The number of hydrogen-bond donors (Lipinski definition) is 2. The fraction of sp³-hybridized carbons (Fsp3) is 0.526. The number of nitrogens with one attached hydrogen (secondary N) is 2. The lowest BCUT2D eigenvalue weighted by Gasteiger charge is -2.31. The third-order valence-corrected chi connectivity index (χ3v) is 5.04. The van der Waals surface area contributed by atoms with Gasteiger partial charge >= 0.3 is 0 Å². The maximum Gasteiger partial charge on any atom is 0.226 e. The van der Waals surface area contributed by atoms with E-state index in [-0.39, 0.29) is 23.8 Å². The third-order valence-electron chi connectivity index (χ3n) is 4.73. The summed E-state index contributed by atoms with van der Waals surface area (Å²) in [5.74, 6) is 1.06. The minimum atomic E-state index is -0.174. The first-order valence-electron chi connectivity index (χ1n) is 9.17. The van der Waals surface area contributed by atoms with Crippen molar-refractivity contribution in [1.29, 1.82) is 0 Å². The lowest BCUT2D eigenvalue weighted by molar-refractivity contribution is -0.134. The third kappa shape index (κ3) is 4.22. The van der Waals surface area contributed by atoms with Crippen LogP contribution in [0.4, 0.5) is 0 Å². The van der Waals surface area contributed by atoms with Crippen molar-refractivity contribution in [2.45, 2.75) is 45.3 Å². The van der Waals surface area contributed by atoms with Crippen molar-refractivity contribution in [2.75, 3.05) is 13.2 Å². The first-order chi connectivity index (χ1) is 12.6. The van der Waals surface area contributed by atoms with Gasteiger partial charge in [-0.25, -0.2) is 0 Å². The predicted molar refractivity (Wildman–Crippen MR) is 102 cm³/mol. The van der Waals surface area contributed by atoms with Gasteiger partial charge < -0.3 is 14.6 Å². The topological polar surface area (TPSA) is 71.9 Å². The van der Waals surface area contributed by atoms with E-state index in [9.17, 15) is 4.79 Å². The highest BCUT2D eigenvalue weighted by Crippen LogP contribution is 2.33. The van der Waals surface area contributed by atoms with Crippen LogP contribution in [0, 0.1) is 10.7 Å². The van der Waals surface area contributed by atoms with Crippen LogP contribution in [0.25, 0.3) is 0 Å². The van der Waals surface area contributed by atoms with Crippen LogP contribution >= 0.6 is 12.2 Å². The normalized spacial score (nSPS) is 20.3. The first-order valence-corrected chi connectivity index (χ1v) is 9.58. The average molecular weight is 375 g/mol. The molecule has 0 bridgehead atoms. The van der Waals surface area contributed by atoms with Gasteiger partial charge in [0.25, 0.3) is 0 Å². The smallest absolute Gasteiger partial charge is 0.226 e. The SMILES string of the molecule is CC(C)c1n[nH]c(=S)n1CCNC(=O)[C@H]1CCCO[C@H]1c1ccccc1. The number of ether oxygens (including phenoxy) is 1. The van der Waals surface area contributed by atoms with Crippen molar-refractivity contribution in [3.8, 4) is 0 Å². The predicted octanol–water partition coefficient (Wildman–Crippen LogP) is 3.35. The summed E-state index contributed by atoms with van der Waals surface area (Å²) in [6.45, 7) is 5.97. The molecule has 2 N–H and O–H groups in total. The molecule has 0 spiro atoms. The Labute approximate surface area is 159 Å².